The first kappa shape index (κ1) is 21.1. The van der Waals surface area contributed by atoms with Crippen LogP contribution >= 0.6 is 11.3 Å². The Kier molecular flexibility index (Phi) is 5.31. The van der Waals surface area contributed by atoms with Gasteiger partial charge in [-0.1, -0.05) is 32.0 Å². The number of carbonyl (C=O) groups is 1. The number of carboxylic acid groups (broad SMARTS) is 1. The molecule has 3 heterocycles. The minimum absolute atomic E-state index is 0.0125. The average Bonchev–Trinajstić information content (AvgIpc) is 3.30. The van der Waals surface area contributed by atoms with Gasteiger partial charge in [-0.25, -0.2) is 9.78 Å². The van der Waals surface area contributed by atoms with E-state index in [1.165, 1.54) is 28.5 Å². The van der Waals surface area contributed by atoms with Gasteiger partial charge in [0.2, 0.25) is 5.76 Å². The molecular formula is C24H24N2O4S. The van der Waals surface area contributed by atoms with Gasteiger partial charge in [0, 0.05) is 16.4 Å². The van der Waals surface area contributed by atoms with E-state index < -0.39 is 5.97 Å². The van der Waals surface area contributed by atoms with Crippen molar-refractivity contribution in [2.45, 2.75) is 47.1 Å². The Morgan fingerprint density at radius 2 is 1.90 bits per heavy atom. The van der Waals surface area contributed by atoms with Gasteiger partial charge >= 0.3 is 5.97 Å². The molecule has 0 atom stereocenters. The van der Waals surface area contributed by atoms with Crippen molar-refractivity contribution in [3.63, 3.8) is 0 Å². The molecule has 3 aromatic heterocycles. The third-order valence-electron chi connectivity index (χ3n) is 5.52. The van der Waals surface area contributed by atoms with Crippen molar-refractivity contribution < 1.29 is 14.3 Å². The van der Waals surface area contributed by atoms with Gasteiger partial charge < -0.3 is 9.52 Å². The van der Waals surface area contributed by atoms with Crippen LogP contribution in [-0.2, 0) is 6.54 Å². The number of benzene rings is 1. The minimum atomic E-state index is -1.14. The van der Waals surface area contributed by atoms with Crippen LogP contribution in [-0.4, -0.2) is 20.6 Å². The third kappa shape index (κ3) is 3.70. The lowest BCUT2D eigenvalue weighted by Gasteiger charge is -2.14. The molecule has 7 heteroatoms. The number of carboxylic acids is 1. The van der Waals surface area contributed by atoms with Crippen LogP contribution in [0.25, 0.3) is 21.3 Å². The van der Waals surface area contributed by atoms with E-state index in [2.05, 4.69) is 26.0 Å². The van der Waals surface area contributed by atoms with Gasteiger partial charge in [0.1, 0.15) is 16.4 Å². The van der Waals surface area contributed by atoms with E-state index in [4.69, 9.17) is 14.5 Å². The number of furan rings is 1. The fourth-order valence-corrected chi connectivity index (χ4v) is 4.82. The predicted octanol–water partition coefficient (Wildman–Crippen LogP) is 5.51. The zero-order valence-electron chi connectivity index (χ0n) is 18.1. The molecule has 0 aliphatic heterocycles. The number of nitrogens with zero attached hydrogens (tertiary/aromatic N) is 2. The molecule has 0 saturated carbocycles. The molecule has 0 fully saturated rings. The summed E-state index contributed by atoms with van der Waals surface area (Å²) in [6.45, 7) is 10.2. The van der Waals surface area contributed by atoms with E-state index in [0.717, 1.165) is 20.8 Å². The van der Waals surface area contributed by atoms with Crippen molar-refractivity contribution in [1.82, 2.24) is 9.55 Å². The maximum absolute atomic E-state index is 13.7. The van der Waals surface area contributed by atoms with E-state index in [1.54, 1.807) is 10.6 Å². The number of aromatic nitrogens is 2. The van der Waals surface area contributed by atoms with Crippen molar-refractivity contribution >= 4 is 27.5 Å². The summed E-state index contributed by atoms with van der Waals surface area (Å²) in [6.07, 6.45) is 0. The smallest absolute Gasteiger partial charge is 0.371 e. The van der Waals surface area contributed by atoms with Crippen LogP contribution in [0.5, 0.6) is 0 Å². The first-order chi connectivity index (χ1) is 14.7. The number of rotatable bonds is 5. The Morgan fingerprint density at radius 3 is 2.52 bits per heavy atom. The Labute approximate surface area is 183 Å². The lowest BCUT2D eigenvalue weighted by Crippen LogP contribution is -2.26. The van der Waals surface area contributed by atoms with Gasteiger partial charge in [0.25, 0.3) is 5.56 Å². The number of aryl methyl sites for hydroxylation is 3. The van der Waals surface area contributed by atoms with Crippen molar-refractivity contribution in [1.29, 1.82) is 0 Å². The fraction of sp³-hybridized carbons (Fsp3) is 0.292. The average molecular weight is 437 g/mol. The quantitative estimate of drug-likeness (QED) is 0.446. The van der Waals surface area contributed by atoms with Crippen LogP contribution < -0.4 is 5.56 Å². The summed E-state index contributed by atoms with van der Waals surface area (Å²) in [4.78, 5) is 31.5. The lowest BCUT2D eigenvalue weighted by atomic mass is 9.99. The molecule has 6 nitrogen and oxygen atoms in total. The number of fused-ring (bicyclic) bond motifs is 1. The molecule has 0 aliphatic carbocycles. The van der Waals surface area contributed by atoms with Crippen LogP contribution in [0, 0.1) is 20.8 Å². The van der Waals surface area contributed by atoms with Gasteiger partial charge in [-0.3, -0.25) is 9.36 Å². The zero-order valence-corrected chi connectivity index (χ0v) is 19.0. The van der Waals surface area contributed by atoms with Crippen molar-refractivity contribution in [3.05, 3.63) is 74.0 Å². The Hall–Kier alpha value is -3.19. The Bertz CT molecular complexity index is 1370. The van der Waals surface area contributed by atoms with E-state index in [0.29, 0.717) is 17.0 Å². The predicted molar refractivity (Wildman–Crippen MR) is 122 cm³/mol. The Balaban J connectivity index is 1.95. The molecular weight excluding hydrogens is 412 g/mol. The summed E-state index contributed by atoms with van der Waals surface area (Å²) >= 11 is 1.53. The normalized spacial score (nSPS) is 11.5. The highest BCUT2D eigenvalue weighted by atomic mass is 32.1. The fourth-order valence-electron chi connectivity index (χ4n) is 3.78. The maximum atomic E-state index is 13.7. The topological polar surface area (TPSA) is 85.3 Å². The first-order valence-electron chi connectivity index (χ1n) is 10.1. The monoisotopic (exact) mass is 436 g/mol. The summed E-state index contributed by atoms with van der Waals surface area (Å²) in [7, 11) is 0. The number of hydrogen-bond donors (Lipinski definition) is 1. The molecule has 31 heavy (non-hydrogen) atoms. The maximum Gasteiger partial charge on any atom is 0.371 e. The highest BCUT2D eigenvalue weighted by Gasteiger charge is 2.22. The second-order valence-corrected chi connectivity index (χ2v) is 9.30. The number of aromatic carboxylic acids is 1. The largest absolute Gasteiger partial charge is 0.475 e. The SMILES string of the molecule is Cc1ccc(-c2c(C)sc3nc(C(C)C)n(Cc4ccc(C(=O)O)o4)c(=O)c23)cc1C. The van der Waals surface area contributed by atoms with Gasteiger partial charge in [0.15, 0.2) is 0 Å². The van der Waals surface area contributed by atoms with Crippen LogP contribution in [0.3, 0.4) is 0 Å². The van der Waals surface area contributed by atoms with Crippen molar-refractivity contribution in [2.75, 3.05) is 0 Å². The number of thiophene rings is 1. The van der Waals surface area contributed by atoms with Gasteiger partial charge in [0.05, 0.1) is 11.9 Å². The molecule has 0 amide bonds. The van der Waals surface area contributed by atoms with Crippen LogP contribution in [0.4, 0.5) is 0 Å². The van der Waals surface area contributed by atoms with Gasteiger partial charge in [-0.05, 0) is 49.6 Å². The summed E-state index contributed by atoms with van der Waals surface area (Å²) < 4.78 is 7.02. The van der Waals surface area contributed by atoms with Crippen LogP contribution in [0.2, 0.25) is 0 Å². The summed E-state index contributed by atoms with van der Waals surface area (Å²) in [5, 5.41) is 9.73. The first-order valence-corrected chi connectivity index (χ1v) is 10.9. The number of hydrogen-bond acceptors (Lipinski definition) is 5. The molecule has 1 aromatic carbocycles. The zero-order chi connectivity index (χ0) is 22.4. The highest BCUT2D eigenvalue weighted by molar-refractivity contribution is 7.19. The van der Waals surface area contributed by atoms with Gasteiger partial charge in [-0.2, -0.15) is 0 Å². The molecule has 4 rings (SSSR count). The lowest BCUT2D eigenvalue weighted by molar-refractivity contribution is 0.0660. The second-order valence-electron chi connectivity index (χ2n) is 8.10. The summed E-state index contributed by atoms with van der Waals surface area (Å²) in [5.74, 6) is -0.216. The van der Waals surface area contributed by atoms with E-state index in [9.17, 15) is 9.59 Å². The minimum Gasteiger partial charge on any atom is -0.475 e. The Morgan fingerprint density at radius 1 is 1.16 bits per heavy atom. The summed E-state index contributed by atoms with van der Waals surface area (Å²) in [6, 6.07) is 9.21. The molecule has 0 bridgehead atoms. The van der Waals surface area contributed by atoms with Crippen molar-refractivity contribution in [2.24, 2.45) is 0 Å². The molecule has 160 valence electrons. The third-order valence-corrected chi connectivity index (χ3v) is 6.51. The van der Waals surface area contributed by atoms with E-state index >= 15 is 0 Å². The highest BCUT2D eigenvalue weighted by Crippen LogP contribution is 2.37. The van der Waals surface area contributed by atoms with Crippen LogP contribution in [0.1, 0.15) is 57.9 Å². The second kappa shape index (κ2) is 7.81. The van der Waals surface area contributed by atoms with Crippen LogP contribution in [0.15, 0.2) is 39.5 Å². The van der Waals surface area contributed by atoms with E-state index in [-0.39, 0.29) is 23.8 Å². The van der Waals surface area contributed by atoms with E-state index in [1.807, 2.05) is 26.8 Å². The molecule has 0 aliphatic rings. The molecule has 1 N–H and O–H groups in total. The molecule has 0 radical (unpaired) electrons. The molecule has 0 saturated heterocycles. The van der Waals surface area contributed by atoms with Gasteiger partial charge in [-0.15, -0.1) is 11.3 Å². The summed E-state index contributed by atoms with van der Waals surface area (Å²) in [5.41, 5.74) is 4.14. The molecule has 0 spiro atoms. The molecule has 0 unspecified atom stereocenters. The standard InChI is InChI=1S/C24H24N2O4S/c1-12(2)21-25-22-20(19(15(5)31-22)16-7-6-13(3)14(4)10-16)23(27)26(21)11-17-8-9-18(30-17)24(28)29/h6-10,12H,11H2,1-5H3,(H,28,29). The molecule has 4 aromatic rings. The van der Waals surface area contributed by atoms with Crippen molar-refractivity contribution in [3.8, 4) is 11.1 Å².